The molecule has 2 aromatic heterocycles. The maximum Gasteiger partial charge on any atom is 0.354 e. The van der Waals surface area contributed by atoms with Gasteiger partial charge in [-0.05, 0) is 48.9 Å². The van der Waals surface area contributed by atoms with Crippen LogP contribution in [0.15, 0.2) is 83.6 Å². The predicted molar refractivity (Wildman–Crippen MR) is 106 cm³/mol. The molecule has 0 radical (unpaired) electrons. The fourth-order valence-corrected chi connectivity index (χ4v) is 3.06. The molecular weight excluding hydrogens is 338 g/mol. The first-order chi connectivity index (χ1) is 13.3. The van der Waals surface area contributed by atoms with Gasteiger partial charge in [-0.25, -0.2) is 9.79 Å². The number of H-pyrrole nitrogens is 2. The normalized spacial score (nSPS) is 14.9. The van der Waals surface area contributed by atoms with E-state index in [9.17, 15) is 4.79 Å². The first-order valence-corrected chi connectivity index (χ1v) is 8.83. The van der Waals surface area contributed by atoms with Crippen molar-refractivity contribution >= 4 is 17.3 Å². The second-order valence-corrected chi connectivity index (χ2v) is 6.05. The zero-order valence-electron chi connectivity index (χ0n) is 14.9. The maximum absolute atomic E-state index is 12.0. The van der Waals surface area contributed by atoms with E-state index in [4.69, 9.17) is 9.73 Å². The number of carbonyl (C=O) groups is 1. The van der Waals surface area contributed by atoms with Crippen LogP contribution in [0.5, 0.6) is 0 Å². The molecule has 5 nitrogen and oxygen atoms in total. The number of allylic oxidation sites excluding steroid dienone is 2. The number of nitrogens with zero attached hydrogens (tertiary/aromatic N) is 1. The smallest absolute Gasteiger partial charge is 0.354 e. The van der Waals surface area contributed by atoms with Crippen LogP contribution in [0.3, 0.4) is 0 Å². The highest BCUT2D eigenvalue weighted by molar-refractivity contribution is 6.11. The average Bonchev–Trinajstić information content (AvgIpc) is 3.45. The number of benzene rings is 1. The lowest BCUT2D eigenvalue weighted by Gasteiger charge is -2.08. The van der Waals surface area contributed by atoms with Crippen molar-refractivity contribution < 1.29 is 9.53 Å². The molecule has 0 bridgehead atoms. The molecule has 0 unspecified atom stereocenters. The van der Waals surface area contributed by atoms with E-state index in [-0.39, 0.29) is 5.97 Å². The van der Waals surface area contributed by atoms with Crippen LogP contribution in [0.25, 0.3) is 5.57 Å². The van der Waals surface area contributed by atoms with Crippen LogP contribution in [-0.4, -0.2) is 28.3 Å². The van der Waals surface area contributed by atoms with Crippen molar-refractivity contribution in [3.63, 3.8) is 0 Å². The number of esters is 1. The highest BCUT2D eigenvalue weighted by atomic mass is 16.5. The number of aliphatic imine (C=N–C) groups is 1. The molecule has 1 aliphatic rings. The molecule has 0 spiro atoms. The average molecular weight is 357 g/mol. The van der Waals surface area contributed by atoms with Gasteiger partial charge in [-0.3, -0.25) is 0 Å². The highest BCUT2D eigenvalue weighted by Gasteiger charge is 2.18. The van der Waals surface area contributed by atoms with Crippen LogP contribution in [0.2, 0.25) is 0 Å². The molecule has 1 aromatic carbocycles. The summed E-state index contributed by atoms with van der Waals surface area (Å²) >= 11 is 0. The molecule has 27 heavy (non-hydrogen) atoms. The predicted octanol–water partition coefficient (Wildman–Crippen LogP) is 4.34. The van der Waals surface area contributed by atoms with Crippen LogP contribution in [-0.2, 0) is 4.74 Å². The Morgan fingerprint density at radius 1 is 1.00 bits per heavy atom. The zero-order valence-corrected chi connectivity index (χ0v) is 14.9. The number of rotatable bonds is 5. The second-order valence-electron chi connectivity index (χ2n) is 6.05. The quantitative estimate of drug-likeness (QED) is 0.667. The molecule has 0 fully saturated rings. The van der Waals surface area contributed by atoms with E-state index in [1.54, 1.807) is 13.0 Å². The molecule has 4 rings (SSSR count). The van der Waals surface area contributed by atoms with Gasteiger partial charge in [0.15, 0.2) is 0 Å². The Morgan fingerprint density at radius 2 is 1.81 bits per heavy atom. The number of carbonyl (C=O) groups excluding carboxylic acids is 1. The highest BCUT2D eigenvalue weighted by Crippen LogP contribution is 2.30. The minimum atomic E-state index is -0.362. The van der Waals surface area contributed by atoms with E-state index < -0.39 is 0 Å². The maximum atomic E-state index is 12.0. The van der Waals surface area contributed by atoms with E-state index in [2.05, 4.69) is 9.97 Å². The fourth-order valence-electron chi connectivity index (χ4n) is 3.06. The van der Waals surface area contributed by atoms with Crippen molar-refractivity contribution in [2.24, 2.45) is 4.99 Å². The lowest BCUT2D eigenvalue weighted by molar-refractivity contribution is 0.0520. The summed E-state index contributed by atoms with van der Waals surface area (Å²) in [6, 6.07) is 17.6. The van der Waals surface area contributed by atoms with Crippen molar-refractivity contribution in [2.45, 2.75) is 6.92 Å². The van der Waals surface area contributed by atoms with Gasteiger partial charge in [0.25, 0.3) is 0 Å². The topological polar surface area (TPSA) is 70.2 Å². The molecule has 0 atom stereocenters. The van der Waals surface area contributed by atoms with E-state index in [0.29, 0.717) is 12.3 Å². The van der Waals surface area contributed by atoms with Crippen LogP contribution < -0.4 is 0 Å². The minimum Gasteiger partial charge on any atom is -0.461 e. The van der Waals surface area contributed by atoms with E-state index in [1.807, 2.05) is 66.9 Å². The Labute approximate surface area is 157 Å². The number of nitrogens with one attached hydrogen (secondary N) is 2. The zero-order chi connectivity index (χ0) is 18.6. The lowest BCUT2D eigenvalue weighted by atomic mass is 10.0. The van der Waals surface area contributed by atoms with E-state index in [1.165, 1.54) is 0 Å². The largest absolute Gasteiger partial charge is 0.461 e. The van der Waals surface area contributed by atoms with Gasteiger partial charge in [-0.15, -0.1) is 0 Å². The van der Waals surface area contributed by atoms with Crippen molar-refractivity contribution in [1.82, 2.24) is 9.97 Å². The Bertz CT molecular complexity index is 1040. The molecule has 0 aliphatic carbocycles. The Hall–Kier alpha value is -3.60. The lowest BCUT2D eigenvalue weighted by Crippen LogP contribution is -2.05. The molecule has 134 valence electrons. The second kappa shape index (κ2) is 7.33. The van der Waals surface area contributed by atoms with Gasteiger partial charge in [0.05, 0.1) is 23.7 Å². The molecule has 2 N–H and O–H groups in total. The number of hydrogen-bond donors (Lipinski definition) is 2. The molecule has 0 saturated heterocycles. The van der Waals surface area contributed by atoms with Crippen LogP contribution >= 0.6 is 0 Å². The van der Waals surface area contributed by atoms with Gasteiger partial charge in [0.2, 0.25) is 0 Å². The molecule has 0 amide bonds. The summed E-state index contributed by atoms with van der Waals surface area (Å²) in [6.45, 7) is 2.13. The first-order valence-electron chi connectivity index (χ1n) is 8.83. The Balaban J connectivity index is 1.80. The van der Waals surface area contributed by atoms with Crippen molar-refractivity contribution in [1.29, 1.82) is 0 Å². The van der Waals surface area contributed by atoms with Gasteiger partial charge in [-0.1, -0.05) is 30.3 Å². The molecule has 1 aliphatic heterocycles. The summed E-state index contributed by atoms with van der Waals surface area (Å²) in [6.07, 6.45) is 5.85. The molecule has 0 saturated carbocycles. The van der Waals surface area contributed by atoms with Crippen LogP contribution in [0, 0.1) is 0 Å². The Kier molecular flexibility index (Phi) is 4.58. The van der Waals surface area contributed by atoms with Crippen molar-refractivity contribution in [3.8, 4) is 0 Å². The standard InChI is InChI=1S/C22H19N3O2/c1-2-27-22(26)20-13-12-19(25-20)21(15-7-4-3-5-8-15)18-11-10-17(24-18)16-9-6-14-23-16/h3-14,23,25H,2H2,1H3/b21-18-. The van der Waals surface area contributed by atoms with Gasteiger partial charge in [-0.2, -0.15) is 0 Å². The van der Waals surface area contributed by atoms with Gasteiger partial charge in [0, 0.05) is 17.5 Å². The number of aromatic nitrogens is 2. The fraction of sp³-hybridized carbons (Fsp3) is 0.0909. The van der Waals surface area contributed by atoms with E-state index in [0.717, 1.165) is 33.9 Å². The molecule has 5 heteroatoms. The number of ether oxygens (including phenoxy) is 1. The van der Waals surface area contributed by atoms with Gasteiger partial charge < -0.3 is 14.7 Å². The summed E-state index contributed by atoms with van der Waals surface area (Å²) in [5.74, 6) is -0.362. The third-order valence-corrected chi connectivity index (χ3v) is 4.28. The number of aromatic amines is 2. The minimum absolute atomic E-state index is 0.340. The molecule has 3 aromatic rings. The summed E-state index contributed by atoms with van der Waals surface area (Å²) < 4.78 is 5.09. The van der Waals surface area contributed by atoms with Crippen LogP contribution in [0.4, 0.5) is 0 Å². The Morgan fingerprint density at radius 3 is 2.56 bits per heavy atom. The summed E-state index contributed by atoms with van der Waals surface area (Å²) in [5, 5.41) is 0. The number of hydrogen-bond acceptors (Lipinski definition) is 3. The molecule has 3 heterocycles. The van der Waals surface area contributed by atoms with Crippen LogP contribution in [0.1, 0.15) is 34.4 Å². The van der Waals surface area contributed by atoms with Crippen molar-refractivity contribution in [2.75, 3.05) is 6.61 Å². The monoisotopic (exact) mass is 357 g/mol. The summed E-state index contributed by atoms with van der Waals surface area (Å²) in [5.41, 5.74) is 5.88. The van der Waals surface area contributed by atoms with Gasteiger partial charge in [0.1, 0.15) is 5.69 Å². The first kappa shape index (κ1) is 16.8. The van der Waals surface area contributed by atoms with Gasteiger partial charge >= 0.3 is 5.97 Å². The molecular formula is C22H19N3O2. The summed E-state index contributed by atoms with van der Waals surface area (Å²) in [7, 11) is 0. The summed E-state index contributed by atoms with van der Waals surface area (Å²) in [4.78, 5) is 23.2. The SMILES string of the molecule is CCOC(=O)c1ccc(/C(=C2/C=CC(c3ccc[nH]3)=N2)c2ccccc2)[nH]1. The van der Waals surface area contributed by atoms with E-state index >= 15 is 0 Å². The third-order valence-electron chi connectivity index (χ3n) is 4.28. The third kappa shape index (κ3) is 3.40. The van der Waals surface area contributed by atoms with Crippen molar-refractivity contribution in [3.05, 3.63) is 101 Å².